The Morgan fingerprint density at radius 1 is 1.35 bits per heavy atom. The van der Waals surface area contributed by atoms with E-state index in [9.17, 15) is 18.0 Å². The number of alkyl halides is 3. The van der Waals surface area contributed by atoms with Crippen LogP contribution >= 0.6 is 11.3 Å². The van der Waals surface area contributed by atoms with E-state index in [1.165, 1.54) is 29.3 Å². The summed E-state index contributed by atoms with van der Waals surface area (Å²) in [5.74, 6) is -0.668. The number of thiophene rings is 1. The molecule has 3 rings (SSSR count). The van der Waals surface area contributed by atoms with Crippen molar-refractivity contribution in [2.24, 2.45) is 0 Å². The van der Waals surface area contributed by atoms with Crippen LogP contribution in [-0.2, 0) is 10.9 Å². The molecule has 3 aromatic heterocycles. The van der Waals surface area contributed by atoms with Gasteiger partial charge in [0.1, 0.15) is 0 Å². The highest BCUT2D eigenvalue weighted by molar-refractivity contribution is 7.08. The molecular weight excluding hydrogens is 331 g/mol. The summed E-state index contributed by atoms with van der Waals surface area (Å²) in [4.78, 5) is 15.8. The maximum Gasteiger partial charge on any atom is 0.417 e. The number of carbonyl (C=O) groups excluding carboxylic acids is 1. The summed E-state index contributed by atoms with van der Waals surface area (Å²) < 4.78 is 45.3. The normalized spacial score (nSPS) is 11.9. The molecule has 3 heterocycles. The van der Waals surface area contributed by atoms with Crippen molar-refractivity contribution in [3.8, 4) is 11.3 Å². The van der Waals surface area contributed by atoms with Crippen LogP contribution in [0.5, 0.6) is 0 Å². The second kappa shape index (κ2) is 5.34. The predicted molar refractivity (Wildman–Crippen MR) is 77.4 cm³/mol. The number of hydrogen-bond acceptors (Lipinski definition) is 5. The zero-order valence-corrected chi connectivity index (χ0v) is 12.8. The summed E-state index contributed by atoms with van der Waals surface area (Å²) in [7, 11) is 1.21. The third-order valence-electron chi connectivity index (χ3n) is 3.19. The van der Waals surface area contributed by atoms with Gasteiger partial charge >= 0.3 is 12.1 Å². The van der Waals surface area contributed by atoms with Crippen molar-refractivity contribution in [3.05, 3.63) is 40.0 Å². The Bertz CT molecular complexity index is 898. The molecule has 0 aliphatic rings. The van der Waals surface area contributed by atoms with Crippen LogP contribution in [0.3, 0.4) is 0 Å². The monoisotopic (exact) mass is 341 g/mol. The molecule has 0 spiro atoms. The highest BCUT2D eigenvalue weighted by atomic mass is 32.1. The van der Waals surface area contributed by atoms with Gasteiger partial charge in [-0.3, -0.25) is 0 Å². The number of aromatic nitrogens is 3. The molecule has 0 aliphatic carbocycles. The van der Waals surface area contributed by atoms with Crippen molar-refractivity contribution in [1.82, 2.24) is 14.6 Å². The molecule has 0 saturated carbocycles. The summed E-state index contributed by atoms with van der Waals surface area (Å²) in [6, 6.07) is 1.37. The fraction of sp³-hybridized carbons (Fsp3) is 0.214. The molecule has 0 bridgehead atoms. The highest BCUT2D eigenvalue weighted by Crippen LogP contribution is 2.40. The zero-order valence-electron chi connectivity index (χ0n) is 12.0. The number of esters is 1. The van der Waals surface area contributed by atoms with E-state index in [0.29, 0.717) is 11.2 Å². The fourth-order valence-corrected chi connectivity index (χ4v) is 3.05. The third kappa shape index (κ3) is 2.67. The molecule has 5 nitrogen and oxygen atoms in total. The number of ether oxygens (including phenoxy) is 1. The summed E-state index contributed by atoms with van der Waals surface area (Å²) in [6.45, 7) is 1.64. The van der Waals surface area contributed by atoms with Crippen LogP contribution in [0, 0.1) is 6.92 Å². The maximum atomic E-state index is 13.1. The molecule has 0 amide bonds. The second-order valence-corrected chi connectivity index (χ2v) is 5.52. The maximum absolute atomic E-state index is 13.1. The van der Waals surface area contributed by atoms with E-state index < -0.39 is 17.7 Å². The smallest absolute Gasteiger partial charge is 0.417 e. The van der Waals surface area contributed by atoms with E-state index in [2.05, 4.69) is 14.8 Å². The minimum atomic E-state index is -4.48. The molecule has 9 heteroatoms. The Morgan fingerprint density at radius 2 is 2.09 bits per heavy atom. The number of halogens is 3. The highest BCUT2D eigenvalue weighted by Gasteiger charge is 2.35. The third-order valence-corrected chi connectivity index (χ3v) is 3.94. The first-order chi connectivity index (χ1) is 10.8. The van der Waals surface area contributed by atoms with Crippen LogP contribution in [0.2, 0.25) is 0 Å². The predicted octanol–water partition coefficient (Wildman–Crippen LogP) is 3.57. The minimum Gasteiger partial charge on any atom is -0.464 e. The molecule has 0 unspecified atom stereocenters. The van der Waals surface area contributed by atoms with E-state index in [1.54, 1.807) is 6.92 Å². The van der Waals surface area contributed by atoms with Gasteiger partial charge in [0, 0.05) is 22.4 Å². The molecule has 0 fully saturated rings. The van der Waals surface area contributed by atoms with Crippen LogP contribution in [0.25, 0.3) is 16.8 Å². The van der Waals surface area contributed by atoms with Gasteiger partial charge in [0.05, 0.1) is 35.8 Å². The molecule has 0 aliphatic heterocycles. The summed E-state index contributed by atoms with van der Waals surface area (Å²) >= 11 is 0.939. The minimum absolute atomic E-state index is 0.00457. The molecule has 3 aromatic rings. The van der Waals surface area contributed by atoms with Gasteiger partial charge in [0.2, 0.25) is 0 Å². The van der Waals surface area contributed by atoms with Crippen molar-refractivity contribution in [2.75, 3.05) is 7.11 Å². The Kier molecular flexibility index (Phi) is 3.59. The molecule has 0 saturated heterocycles. The lowest BCUT2D eigenvalue weighted by Crippen LogP contribution is -2.06. The molecule has 0 aromatic carbocycles. The van der Waals surface area contributed by atoms with Crippen LogP contribution in [-0.4, -0.2) is 27.7 Å². The molecule has 0 radical (unpaired) electrons. The number of fused-ring (bicyclic) bond motifs is 1. The van der Waals surface area contributed by atoms with Crippen LogP contribution in [0.4, 0.5) is 13.2 Å². The van der Waals surface area contributed by atoms with Crippen LogP contribution in [0.15, 0.2) is 23.0 Å². The number of rotatable bonds is 2. The topological polar surface area (TPSA) is 56.5 Å². The average molecular weight is 341 g/mol. The molecule has 0 atom stereocenters. The summed E-state index contributed by atoms with van der Waals surface area (Å²) in [5.41, 5.74) is 0.119. The fourth-order valence-electron chi connectivity index (χ4n) is 2.21. The van der Waals surface area contributed by atoms with E-state index >= 15 is 0 Å². The SMILES string of the molecule is COC(=O)c1cc2c(-c3cscc3C(F)(F)F)nc(C)cn2n1. The Balaban J connectivity index is 2.28. The van der Waals surface area contributed by atoms with E-state index in [0.717, 1.165) is 16.7 Å². The van der Waals surface area contributed by atoms with E-state index in [-0.39, 0.29) is 17.0 Å². The van der Waals surface area contributed by atoms with Gasteiger partial charge in [-0.1, -0.05) is 0 Å². The van der Waals surface area contributed by atoms with Crippen molar-refractivity contribution in [2.45, 2.75) is 13.1 Å². The van der Waals surface area contributed by atoms with Crippen molar-refractivity contribution >= 4 is 22.8 Å². The van der Waals surface area contributed by atoms with Crippen molar-refractivity contribution in [3.63, 3.8) is 0 Å². The van der Waals surface area contributed by atoms with Gasteiger partial charge in [-0.2, -0.15) is 29.6 Å². The number of hydrogen-bond donors (Lipinski definition) is 0. The van der Waals surface area contributed by atoms with Crippen LogP contribution < -0.4 is 0 Å². The largest absolute Gasteiger partial charge is 0.464 e. The standard InChI is InChI=1S/C14H10F3N3O2S/c1-7-4-20-11(3-10(19-20)13(21)22-2)12(18-7)8-5-23-6-9(8)14(15,16)17/h3-6H,1-2H3. The molecule has 120 valence electrons. The van der Waals surface area contributed by atoms with Crippen LogP contribution in [0.1, 0.15) is 21.7 Å². The number of carbonyl (C=O) groups is 1. The second-order valence-electron chi connectivity index (χ2n) is 4.78. The van der Waals surface area contributed by atoms with E-state index in [4.69, 9.17) is 0 Å². The first kappa shape index (κ1) is 15.5. The Hall–Kier alpha value is -2.42. The van der Waals surface area contributed by atoms with Crippen molar-refractivity contribution in [1.29, 1.82) is 0 Å². The molecular formula is C14H10F3N3O2S. The average Bonchev–Trinajstić information content (AvgIpc) is 3.11. The summed E-state index contributed by atoms with van der Waals surface area (Å²) in [5, 5.41) is 6.45. The van der Waals surface area contributed by atoms with Gasteiger partial charge < -0.3 is 4.74 Å². The summed E-state index contributed by atoms with van der Waals surface area (Å²) in [6.07, 6.45) is -2.95. The molecule has 0 N–H and O–H groups in total. The Labute approximate surface area is 132 Å². The number of methoxy groups -OCH3 is 1. The molecule has 23 heavy (non-hydrogen) atoms. The Morgan fingerprint density at radius 3 is 2.74 bits per heavy atom. The zero-order chi connectivity index (χ0) is 16.8. The quantitative estimate of drug-likeness (QED) is 0.669. The van der Waals surface area contributed by atoms with E-state index in [1.807, 2.05) is 0 Å². The van der Waals surface area contributed by atoms with Gasteiger partial charge in [-0.05, 0) is 6.92 Å². The van der Waals surface area contributed by atoms with Gasteiger partial charge in [0.15, 0.2) is 5.69 Å². The first-order valence-corrected chi connectivity index (χ1v) is 7.34. The lowest BCUT2D eigenvalue weighted by molar-refractivity contribution is -0.136. The lowest BCUT2D eigenvalue weighted by Gasteiger charge is -2.09. The number of nitrogens with zero attached hydrogens (tertiary/aromatic N) is 3. The van der Waals surface area contributed by atoms with Gasteiger partial charge in [-0.15, -0.1) is 0 Å². The van der Waals surface area contributed by atoms with Gasteiger partial charge in [0.25, 0.3) is 0 Å². The lowest BCUT2D eigenvalue weighted by atomic mass is 10.1. The first-order valence-electron chi connectivity index (χ1n) is 6.40. The van der Waals surface area contributed by atoms with Crippen molar-refractivity contribution < 1.29 is 22.7 Å². The van der Waals surface area contributed by atoms with Gasteiger partial charge in [-0.25, -0.2) is 14.3 Å². The number of aryl methyl sites for hydroxylation is 1.